The van der Waals surface area contributed by atoms with Gasteiger partial charge in [-0.3, -0.25) is 4.68 Å². The van der Waals surface area contributed by atoms with E-state index in [1.807, 2.05) is 10.9 Å². The zero-order valence-electron chi connectivity index (χ0n) is 15.3. The maximum absolute atomic E-state index is 4.80. The SMILES string of the molecule is Cc1ccc(CN[C@@H](C)c2cnn(C(C)C)c2)c(N2CCCC2)n1. The normalized spacial score (nSPS) is 16.1. The van der Waals surface area contributed by atoms with Crippen LogP contribution < -0.4 is 10.2 Å². The lowest BCUT2D eigenvalue weighted by atomic mass is 10.1. The van der Waals surface area contributed by atoms with Crippen LogP contribution in [-0.2, 0) is 6.54 Å². The number of pyridine rings is 1. The molecular formula is C19H29N5. The summed E-state index contributed by atoms with van der Waals surface area (Å²) in [4.78, 5) is 7.22. The number of aryl methyl sites for hydroxylation is 1. The van der Waals surface area contributed by atoms with Crippen LogP contribution in [0.2, 0.25) is 0 Å². The van der Waals surface area contributed by atoms with Crippen molar-refractivity contribution in [2.45, 2.75) is 59.2 Å². The molecular weight excluding hydrogens is 298 g/mol. The van der Waals surface area contributed by atoms with Gasteiger partial charge in [0.05, 0.1) is 6.20 Å². The third-order valence-electron chi connectivity index (χ3n) is 4.75. The van der Waals surface area contributed by atoms with Crippen molar-refractivity contribution >= 4 is 5.82 Å². The molecule has 0 bridgehead atoms. The Labute approximate surface area is 145 Å². The fraction of sp³-hybridized carbons (Fsp3) is 0.579. The van der Waals surface area contributed by atoms with Gasteiger partial charge in [-0.15, -0.1) is 0 Å². The molecule has 1 aliphatic rings. The number of nitrogens with zero attached hydrogens (tertiary/aromatic N) is 4. The largest absolute Gasteiger partial charge is 0.356 e. The molecule has 1 atom stereocenters. The minimum Gasteiger partial charge on any atom is -0.356 e. The monoisotopic (exact) mass is 327 g/mol. The average Bonchev–Trinajstić information content (AvgIpc) is 3.24. The van der Waals surface area contributed by atoms with Gasteiger partial charge in [0.25, 0.3) is 0 Å². The number of hydrogen-bond acceptors (Lipinski definition) is 4. The van der Waals surface area contributed by atoms with Crippen LogP contribution in [-0.4, -0.2) is 27.9 Å². The summed E-state index contributed by atoms with van der Waals surface area (Å²) in [5.74, 6) is 1.16. The van der Waals surface area contributed by atoms with E-state index in [9.17, 15) is 0 Å². The Morgan fingerprint density at radius 1 is 1.17 bits per heavy atom. The lowest BCUT2D eigenvalue weighted by molar-refractivity contribution is 0.528. The van der Waals surface area contributed by atoms with Crippen molar-refractivity contribution in [1.82, 2.24) is 20.1 Å². The number of hydrogen-bond donors (Lipinski definition) is 1. The molecule has 1 aliphatic heterocycles. The van der Waals surface area contributed by atoms with Crippen LogP contribution in [0.4, 0.5) is 5.82 Å². The Hall–Kier alpha value is -1.88. The van der Waals surface area contributed by atoms with E-state index >= 15 is 0 Å². The van der Waals surface area contributed by atoms with Gasteiger partial charge in [0, 0.05) is 54.7 Å². The molecule has 2 aromatic heterocycles. The first-order chi connectivity index (χ1) is 11.5. The van der Waals surface area contributed by atoms with E-state index in [1.54, 1.807) is 0 Å². The zero-order valence-corrected chi connectivity index (χ0v) is 15.3. The molecule has 24 heavy (non-hydrogen) atoms. The van der Waals surface area contributed by atoms with Crippen LogP contribution in [0.25, 0.3) is 0 Å². The number of aromatic nitrogens is 3. The van der Waals surface area contributed by atoms with Crippen LogP contribution in [0.1, 0.15) is 62.5 Å². The molecule has 1 saturated heterocycles. The molecule has 2 aromatic rings. The highest BCUT2D eigenvalue weighted by Gasteiger charge is 2.18. The molecule has 1 N–H and O–H groups in total. The molecule has 0 saturated carbocycles. The number of nitrogens with one attached hydrogen (secondary N) is 1. The predicted octanol–water partition coefficient (Wildman–Crippen LogP) is 3.62. The minimum absolute atomic E-state index is 0.269. The summed E-state index contributed by atoms with van der Waals surface area (Å²) in [6.07, 6.45) is 6.64. The summed E-state index contributed by atoms with van der Waals surface area (Å²) < 4.78 is 2.01. The van der Waals surface area contributed by atoms with E-state index in [-0.39, 0.29) is 6.04 Å². The summed E-state index contributed by atoms with van der Waals surface area (Å²) in [6.45, 7) is 11.6. The first-order valence-corrected chi connectivity index (χ1v) is 9.03. The first kappa shape index (κ1) is 17.0. The van der Waals surface area contributed by atoms with Crippen LogP contribution in [0.3, 0.4) is 0 Å². The summed E-state index contributed by atoms with van der Waals surface area (Å²) >= 11 is 0. The smallest absolute Gasteiger partial charge is 0.133 e. The van der Waals surface area contributed by atoms with E-state index in [1.165, 1.54) is 24.0 Å². The summed E-state index contributed by atoms with van der Waals surface area (Å²) in [6, 6.07) is 4.99. The van der Waals surface area contributed by atoms with Crippen molar-refractivity contribution in [3.63, 3.8) is 0 Å². The molecule has 3 rings (SSSR count). The first-order valence-electron chi connectivity index (χ1n) is 9.03. The standard InChI is InChI=1S/C19H29N5/c1-14(2)24-13-18(12-21-24)16(4)20-11-17-8-7-15(3)22-19(17)23-9-5-6-10-23/h7-8,12-14,16,20H,5-6,9-11H2,1-4H3/t16-/m0/s1. The zero-order chi connectivity index (χ0) is 17.1. The van der Waals surface area contributed by atoms with Gasteiger partial charge in [0.1, 0.15) is 5.82 Å². The average molecular weight is 327 g/mol. The highest BCUT2D eigenvalue weighted by molar-refractivity contribution is 5.48. The van der Waals surface area contributed by atoms with Crippen molar-refractivity contribution in [1.29, 1.82) is 0 Å². The maximum atomic E-state index is 4.80. The topological polar surface area (TPSA) is 46.0 Å². The van der Waals surface area contributed by atoms with Crippen LogP contribution in [0.15, 0.2) is 24.5 Å². The number of rotatable bonds is 6. The third-order valence-corrected chi connectivity index (χ3v) is 4.75. The Morgan fingerprint density at radius 2 is 1.92 bits per heavy atom. The van der Waals surface area contributed by atoms with E-state index in [0.717, 1.165) is 31.1 Å². The van der Waals surface area contributed by atoms with Gasteiger partial charge in [-0.25, -0.2) is 4.98 Å². The molecule has 0 aliphatic carbocycles. The molecule has 1 fully saturated rings. The maximum Gasteiger partial charge on any atom is 0.133 e. The second kappa shape index (κ2) is 7.34. The minimum atomic E-state index is 0.269. The highest BCUT2D eigenvalue weighted by Crippen LogP contribution is 2.24. The van der Waals surface area contributed by atoms with Gasteiger partial charge in [-0.2, -0.15) is 5.10 Å². The summed E-state index contributed by atoms with van der Waals surface area (Å²) in [5.41, 5.74) is 3.60. The molecule has 0 unspecified atom stereocenters. The number of anilines is 1. The summed E-state index contributed by atoms with van der Waals surface area (Å²) in [5, 5.41) is 8.07. The highest BCUT2D eigenvalue weighted by atomic mass is 15.3. The van der Waals surface area contributed by atoms with Crippen molar-refractivity contribution in [3.05, 3.63) is 41.3 Å². The molecule has 5 heteroatoms. The Morgan fingerprint density at radius 3 is 2.58 bits per heavy atom. The van der Waals surface area contributed by atoms with Crippen molar-refractivity contribution in [3.8, 4) is 0 Å². The quantitative estimate of drug-likeness (QED) is 0.880. The van der Waals surface area contributed by atoms with Crippen LogP contribution in [0.5, 0.6) is 0 Å². The second-order valence-electron chi connectivity index (χ2n) is 7.08. The van der Waals surface area contributed by atoms with E-state index in [2.05, 4.69) is 61.3 Å². The lowest BCUT2D eigenvalue weighted by Gasteiger charge is -2.22. The Kier molecular flexibility index (Phi) is 5.19. The predicted molar refractivity (Wildman–Crippen MR) is 98.3 cm³/mol. The van der Waals surface area contributed by atoms with E-state index in [0.29, 0.717) is 6.04 Å². The molecule has 0 radical (unpaired) electrons. The van der Waals surface area contributed by atoms with Gasteiger partial charge < -0.3 is 10.2 Å². The second-order valence-corrected chi connectivity index (χ2v) is 7.08. The Bertz CT molecular complexity index is 670. The van der Waals surface area contributed by atoms with Crippen molar-refractivity contribution < 1.29 is 0 Å². The van der Waals surface area contributed by atoms with Crippen LogP contribution in [0, 0.1) is 6.92 Å². The molecule has 0 aromatic carbocycles. The molecule has 3 heterocycles. The fourth-order valence-electron chi connectivity index (χ4n) is 3.15. The van der Waals surface area contributed by atoms with Gasteiger partial charge in [0.2, 0.25) is 0 Å². The van der Waals surface area contributed by atoms with Gasteiger partial charge >= 0.3 is 0 Å². The molecule has 0 spiro atoms. The molecule has 130 valence electrons. The molecule has 5 nitrogen and oxygen atoms in total. The van der Waals surface area contributed by atoms with Crippen molar-refractivity contribution in [2.24, 2.45) is 0 Å². The van der Waals surface area contributed by atoms with E-state index < -0.39 is 0 Å². The van der Waals surface area contributed by atoms with Gasteiger partial charge in [0.15, 0.2) is 0 Å². The van der Waals surface area contributed by atoms with Gasteiger partial charge in [-0.05, 0) is 46.6 Å². The third kappa shape index (κ3) is 3.78. The van der Waals surface area contributed by atoms with E-state index in [4.69, 9.17) is 4.98 Å². The molecule has 0 amide bonds. The fourth-order valence-corrected chi connectivity index (χ4v) is 3.15. The lowest BCUT2D eigenvalue weighted by Crippen LogP contribution is -2.24. The summed E-state index contributed by atoms with van der Waals surface area (Å²) in [7, 11) is 0. The van der Waals surface area contributed by atoms with Crippen LogP contribution >= 0.6 is 0 Å². The Balaban J connectivity index is 1.69. The van der Waals surface area contributed by atoms with Crippen molar-refractivity contribution in [2.75, 3.05) is 18.0 Å². The van der Waals surface area contributed by atoms with Gasteiger partial charge in [-0.1, -0.05) is 6.07 Å².